The molecular weight excluding hydrogens is 204 g/mol. The molecule has 90 valence electrons. The number of aliphatic hydroxyl groups excluding tert-OH is 1. The number of nitrogens with one attached hydrogen (secondary N) is 2. The first-order chi connectivity index (χ1) is 7.72. The lowest BCUT2D eigenvalue weighted by atomic mass is 10.00. The van der Waals surface area contributed by atoms with Crippen molar-refractivity contribution in [3.63, 3.8) is 0 Å². The number of rotatable bonds is 2. The van der Waals surface area contributed by atoms with Crippen LogP contribution in [0.25, 0.3) is 0 Å². The highest BCUT2D eigenvalue weighted by Gasteiger charge is 2.30. The summed E-state index contributed by atoms with van der Waals surface area (Å²) in [5, 5.41) is 13.5. The van der Waals surface area contributed by atoms with Crippen molar-refractivity contribution in [1.82, 2.24) is 15.3 Å². The van der Waals surface area contributed by atoms with Gasteiger partial charge in [0.2, 0.25) is 0 Å². The van der Waals surface area contributed by atoms with E-state index in [1.165, 1.54) is 0 Å². The number of nitrogens with zero attached hydrogens (tertiary/aromatic N) is 2. The van der Waals surface area contributed by atoms with Gasteiger partial charge >= 0.3 is 0 Å². The van der Waals surface area contributed by atoms with Crippen molar-refractivity contribution in [2.24, 2.45) is 5.92 Å². The number of anilines is 1. The van der Waals surface area contributed by atoms with Crippen molar-refractivity contribution in [2.45, 2.75) is 32.0 Å². The van der Waals surface area contributed by atoms with Gasteiger partial charge in [0.05, 0.1) is 18.6 Å². The van der Waals surface area contributed by atoms with E-state index in [4.69, 9.17) is 0 Å². The first-order valence-corrected chi connectivity index (χ1v) is 5.82. The lowest BCUT2D eigenvalue weighted by molar-refractivity contribution is 0.125. The maximum absolute atomic E-state index is 10.3. The van der Waals surface area contributed by atoms with Crippen LogP contribution in [-0.2, 0) is 0 Å². The molecule has 0 aliphatic carbocycles. The van der Waals surface area contributed by atoms with Crippen molar-refractivity contribution in [1.29, 1.82) is 0 Å². The second kappa shape index (κ2) is 4.84. The average Bonchev–Trinajstić information content (AvgIpc) is 2.75. The molecule has 0 bridgehead atoms. The molecule has 1 aromatic heterocycles. The van der Waals surface area contributed by atoms with Crippen LogP contribution in [0.15, 0.2) is 12.5 Å². The fourth-order valence-electron chi connectivity index (χ4n) is 2.32. The molecule has 0 aromatic carbocycles. The Labute approximate surface area is 95.9 Å². The number of hydrogen-bond acceptors (Lipinski definition) is 4. The molecule has 5 nitrogen and oxygen atoms in total. The molecule has 1 aromatic rings. The van der Waals surface area contributed by atoms with Crippen molar-refractivity contribution in [3.8, 4) is 0 Å². The van der Waals surface area contributed by atoms with Crippen LogP contribution in [0.1, 0.15) is 19.8 Å². The summed E-state index contributed by atoms with van der Waals surface area (Å²) in [4.78, 5) is 9.04. The summed E-state index contributed by atoms with van der Waals surface area (Å²) in [6.07, 6.45) is 5.00. The van der Waals surface area contributed by atoms with Gasteiger partial charge in [-0.3, -0.25) is 0 Å². The lowest BCUT2D eigenvalue weighted by Crippen LogP contribution is -2.48. The summed E-state index contributed by atoms with van der Waals surface area (Å²) in [7, 11) is 1.90. The number of aliphatic hydroxyl groups is 1. The molecule has 1 aliphatic heterocycles. The number of aromatic nitrogens is 2. The van der Waals surface area contributed by atoms with Crippen molar-refractivity contribution in [2.75, 3.05) is 18.5 Å². The summed E-state index contributed by atoms with van der Waals surface area (Å²) < 4.78 is 0. The minimum absolute atomic E-state index is 0.112. The predicted octanol–water partition coefficient (Wildman–Crippen LogP) is 0.552. The maximum Gasteiger partial charge on any atom is 0.143 e. The largest absolute Gasteiger partial charge is 0.372 e. The molecule has 3 N–H and O–H groups in total. The summed E-state index contributed by atoms with van der Waals surface area (Å²) in [6.45, 7) is 3.09. The second-order valence-electron chi connectivity index (χ2n) is 4.57. The SMILES string of the molecule is CNC1CC(C)CCN(c2cnc[nH]2)C1O. The molecule has 3 unspecified atom stereocenters. The molecule has 0 amide bonds. The van der Waals surface area contributed by atoms with E-state index in [0.29, 0.717) is 5.92 Å². The number of aromatic amines is 1. The Morgan fingerprint density at radius 2 is 2.44 bits per heavy atom. The smallest absolute Gasteiger partial charge is 0.143 e. The molecular formula is C11H20N4O. The van der Waals surface area contributed by atoms with Crippen molar-refractivity contribution in [3.05, 3.63) is 12.5 Å². The molecule has 1 aliphatic rings. The third kappa shape index (κ3) is 2.20. The topological polar surface area (TPSA) is 64.2 Å². The standard InChI is InChI=1S/C11H20N4O/c1-8-3-4-15(10-6-13-7-14-10)11(16)9(5-8)12-2/h6-9,11-12,16H,3-5H2,1-2H3,(H,13,14). The summed E-state index contributed by atoms with van der Waals surface area (Å²) in [5.74, 6) is 1.52. The molecule has 16 heavy (non-hydrogen) atoms. The number of likely N-dealkylation sites (N-methyl/N-ethyl adjacent to an activating group) is 1. The molecule has 0 radical (unpaired) electrons. The lowest BCUT2D eigenvalue weighted by Gasteiger charge is -2.31. The second-order valence-corrected chi connectivity index (χ2v) is 4.57. The Hall–Kier alpha value is -1.07. The van der Waals surface area contributed by atoms with E-state index < -0.39 is 6.23 Å². The van der Waals surface area contributed by atoms with Crippen LogP contribution in [0.5, 0.6) is 0 Å². The van der Waals surface area contributed by atoms with E-state index in [1.807, 2.05) is 11.9 Å². The summed E-state index contributed by atoms with van der Waals surface area (Å²) >= 11 is 0. The molecule has 0 saturated carbocycles. The van der Waals surface area contributed by atoms with Crippen LogP contribution in [0.4, 0.5) is 5.82 Å². The van der Waals surface area contributed by atoms with E-state index in [-0.39, 0.29) is 6.04 Å². The van der Waals surface area contributed by atoms with E-state index in [0.717, 1.165) is 25.2 Å². The van der Waals surface area contributed by atoms with Crippen LogP contribution in [0, 0.1) is 5.92 Å². The molecule has 5 heteroatoms. The van der Waals surface area contributed by atoms with E-state index in [1.54, 1.807) is 12.5 Å². The Balaban J connectivity index is 2.17. The Morgan fingerprint density at radius 3 is 3.06 bits per heavy atom. The van der Waals surface area contributed by atoms with Gasteiger partial charge in [0.25, 0.3) is 0 Å². The van der Waals surface area contributed by atoms with Crippen LogP contribution < -0.4 is 10.2 Å². The van der Waals surface area contributed by atoms with Gasteiger partial charge in [0.1, 0.15) is 12.0 Å². The summed E-state index contributed by atoms with van der Waals surface area (Å²) in [5.41, 5.74) is 0. The van der Waals surface area contributed by atoms with Gasteiger partial charge in [-0.15, -0.1) is 0 Å². The minimum atomic E-state index is -0.490. The third-order valence-corrected chi connectivity index (χ3v) is 3.36. The monoisotopic (exact) mass is 224 g/mol. The zero-order valence-electron chi connectivity index (χ0n) is 9.85. The van der Waals surface area contributed by atoms with Gasteiger partial charge in [0.15, 0.2) is 0 Å². The Bertz CT molecular complexity index is 314. The van der Waals surface area contributed by atoms with Crippen LogP contribution >= 0.6 is 0 Å². The molecule has 0 spiro atoms. The summed E-state index contributed by atoms with van der Waals surface area (Å²) in [6, 6.07) is 0.112. The van der Waals surface area contributed by atoms with Gasteiger partial charge in [0, 0.05) is 6.54 Å². The van der Waals surface area contributed by atoms with Gasteiger partial charge in [-0.25, -0.2) is 4.98 Å². The number of hydrogen-bond donors (Lipinski definition) is 3. The van der Waals surface area contributed by atoms with E-state index in [2.05, 4.69) is 22.2 Å². The minimum Gasteiger partial charge on any atom is -0.372 e. The van der Waals surface area contributed by atoms with Crippen molar-refractivity contribution >= 4 is 5.82 Å². The van der Waals surface area contributed by atoms with Gasteiger partial charge in [-0.2, -0.15) is 0 Å². The maximum atomic E-state index is 10.3. The number of H-pyrrole nitrogens is 1. The number of imidazole rings is 1. The van der Waals surface area contributed by atoms with Gasteiger partial charge < -0.3 is 20.3 Å². The highest BCUT2D eigenvalue weighted by atomic mass is 16.3. The highest BCUT2D eigenvalue weighted by Crippen LogP contribution is 2.24. The van der Waals surface area contributed by atoms with Crippen LogP contribution in [0.3, 0.4) is 0 Å². The Morgan fingerprint density at radius 1 is 1.62 bits per heavy atom. The van der Waals surface area contributed by atoms with E-state index >= 15 is 0 Å². The third-order valence-electron chi connectivity index (χ3n) is 3.36. The quantitative estimate of drug-likeness (QED) is 0.686. The van der Waals surface area contributed by atoms with E-state index in [9.17, 15) is 5.11 Å². The fourth-order valence-corrected chi connectivity index (χ4v) is 2.32. The van der Waals surface area contributed by atoms with Crippen LogP contribution in [0.2, 0.25) is 0 Å². The zero-order valence-corrected chi connectivity index (χ0v) is 9.85. The zero-order chi connectivity index (χ0) is 11.5. The predicted molar refractivity (Wildman–Crippen MR) is 63.2 cm³/mol. The van der Waals surface area contributed by atoms with Crippen molar-refractivity contribution < 1.29 is 5.11 Å². The van der Waals surface area contributed by atoms with Crippen LogP contribution in [-0.4, -0.2) is 40.9 Å². The van der Waals surface area contributed by atoms with Gasteiger partial charge in [-0.1, -0.05) is 6.92 Å². The first kappa shape index (κ1) is 11.4. The first-order valence-electron chi connectivity index (χ1n) is 5.82. The molecule has 1 fully saturated rings. The average molecular weight is 224 g/mol. The fraction of sp³-hybridized carbons (Fsp3) is 0.727. The molecule has 2 heterocycles. The molecule has 3 atom stereocenters. The van der Waals surface area contributed by atoms with Gasteiger partial charge in [-0.05, 0) is 25.8 Å². The Kier molecular flexibility index (Phi) is 3.46. The molecule has 2 rings (SSSR count). The highest BCUT2D eigenvalue weighted by molar-refractivity contribution is 5.37. The molecule has 1 saturated heterocycles. The normalized spacial score (nSPS) is 31.4.